The number of aromatic nitrogens is 3. The molecule has 0 aliphatic heterocycles. The fourth-order valence-electron chi connectivity index (χ4n) is 3.94. The summed E-state index contributed by atoms with van der Waals surface area (Å²) in [6, 6.07) is 17.8. The Labute approximate surface area is 227 Å². The highest BCUT2D eigenvalue weighted by Gasteiger charge is 2.34. The van der Waals surface area contributed by atoms with Crippen LogP contribution >= 0.6 is 11.8 Å². The van der Waals surface area contributed by atoms with Crippen LogP contribution in [0.2, 0.25) is 0 Å². The van der Waals surface area contributed by atoms with Crippen molar-refractivity contribution in [2.75, 3.05) is 11.1 Å². The van der Waals surface area contributed by atoms with Gasteiger partial charge in [-0.05, 0) is 67.8 Å². The van der Waals surface area contributed by atoms with Crippen molar-refractivity contribution in [1.82, 2.24) is 20.1 Å². The zero-order chi connectivity index (χ0) is 28.2. The Hall–Kier alpha value is -4.12. The molecule has 202 valence electrons. The molecule has 1 aromatic heterocycles. The number of aryl methyl sites for hydroxylation is 3. The smallest absolute Gasteiger partial charge is 0.345 e. The first kappa shape index (κ1) is 27.9. The molecule has 3 aromatic carbocycles. The number of benzene rings is 3. The van der Waals surface area contributed by atoms with E-state index in [4.69, 9.17) is 0 Å². The van der Waals surface area contributed by atoms with E-state index in [1.54, 1.807) is 10.6 Å². The van der Waals surface area contributed by atoms with Gasteiger partial charge in [-0.3, -0.25) is 14.2 Å². The second kappa shape index (κ2) is 11.7. The number of thioether (sulfide) groups is 1. The number of carbonyl (C=O) groups excluding carboxylic acids is 2. The first-order valence-corrected chi connectivity index (χ1v) is 13.0. The Morgan fingerprint density at radius 2 is 1.67 bits per heavy atom. The van der Waals surface area contributed by atoms with Crippen molar-refractivity contribution >= 4 is 29.3 Å². The number of hydrogen-bond donors (Lipinski definition) is 2. The lowest BCUT2D eigenvalue weighted by atomic mass is 10.1. The maximum atomic E-state index is 13.4. The van der Waals surface area contributed by atoms with Crippen LogP contribution in [0.1, 0.15) is 38.4 Å². The van der Waals surface area contributed by atoms with Crippen LogP contribution in [0.25, 0.3) is 5.69 Å². The van der Waals surface area contributed by atoms with E-state index in [-0.39, 0.29) is 18.2 Å². The summed E-state index contributed by atoms with van der Waals surface area (Å²) in [5.41, 5.74) is 2.79. The Morgan fingerprint density at radius 1 is 0.923 bits per heavy atom. The first-order valence-electron chi connectivity index (χ1n) is 12.0. The van der Waals surface area contributed by atoms with Gasteiger partial charge >= 0.3 is 6.18 Å². The van der Waals surface area contributed by atoms with E-state index < -0.39 is 23.2 Å². The lowest BCUT2D eigenvalue weighted by Gasteiger charge is -2.15. The Bertz CT molecular complexity index is 1520. The van der Waals surface area contributed by atoms with Crippen molar-refractivity contribution in [2.45, 2.75) is 38.6 Å². The lowest BCUT2D eigenvalue weighted by molar-refractivity contribution is -0.138. The number of nitrogens with zero attached hydrogens (tertiary/aromatic N) is 3. The van der Waals surface area contributed by atoms with Crippen molar-refractivity contribution in [1.29, 1.82) is 0 Å². The number of halogens is 3. The second-order valence-electron chi connectivity index (χ2n) is 8.96. The van der Waals surface area contributed by atoms with Gasteiger partial charge in [-0.2, -0.15) is 13.2 Å². The van der Waals surface area contributed by atoms with Crippen LogP contribution in [0.3, 0.4) is 0 Å². The average Bonchev–Trinajstić information content (AvgIpc) is 3.29. The van der Waals surface area contributed by atoms with E-state index >= 15 is 0 Å². The molecular weight excluding hydrogens is 527 g/mol. The minimum absolute atomic E-state index is 0.0439. The summed E-state index contributed by atoms with van der Waals surface area (Å²) in [5, 5.41) is 14.2. The van der Waals surface area contributed by atoms with Gasteiger partial charge in [-0.25, -0.2) is 0 Å². The number of carbonyl (C=O) groups is 2. The Morgan fingerprint density at radius 3 is 2.41 bits per heavy atom. The molecule has 0 unspecified atom stereocenters. The Balaban J connectivity index is 1.57. The van der Waals surface area contributed by atoms with Crippen LogP contribution in [-0.2, 0) is 17.5 Å². The third kappa shape index (κ3) is 6.85. The predicted octanol–water partition coefficient (Wildman–Crippen LogP) is 5.87. The molecule has 0 bridgehead atoms. The number of anilines is 1. The van der Waals surface area contributed by atoms with Gasteiger partial charge in [0, 0.05) is 5.69 Å². The highest BCUT2D eigenvalue weighted by molar-refractivity contribution is 7.99. The van der Waals surface area contributed by atoms with Gasteiger partial charge in [-0.15, -0.1) is 10.2 Å². The first-order chi connectivity index (χ1) is 18.5. The van der Waals surface area contributed by atoms with Crippen molar-refractivity contribution < 1.29 is 22.8 Å². The van der Waals surface area contributed by atoms with Crippen molar-refractivity contribution in [3.05, 3.63) is 100 Å². The summed E-state index contributed by atoms with van der Waals surface area (Å²) in [7, 11) is 0. The number of nitrogens with one attached hydrogen (secondary N) is 2. The van der Waals surface area contributed by atoms with Crippen LogP contribution in [0.15, 0.2) is 71.9 Å². The topological polar surface area (TPSA) is 88.9 Å². The summed E-state index contributed by atoms with van der Waals surface area (Å²) in [5.74, 6) is -0.768. The molecule has 0 aliphatic rings. The monoisotopic (exact) mass is 553 g/mol. The molecule has 4 rings (SSSR count). The minimum Gasteiger partial charge on any atom is -0.345 e. The van der Waals surface area contributed by atoms with Gasteiger partial charge in [0.25, 0.3) is 5.91 Å². The molecule has 0 fully saturated rings. The van der Waals surface area contributed by atoms with Crippen LogP contribution in [0.5, 0.6) is 0 Å². The molecule has 0 saturated heterocycles. The van der Waals surface area contributed by atoms with E-state index in [0.717, 1.165) is 46.3 Å². The van der Waals surface area contributed by atoms with E-state index in [1.165, 1.54) is 12.1 Å². The SMILES string of the molecule is Cc1cccc(NC(=O)CSc2nnc(CNC(=O)c3ccccc3C(F)(F)F)n2-c2cc(C)ccc2C)c1. The molecule has 0 atom stereocenters. The van der Waals surface area contributed by atoms with Gasteiger partial charge < -0.3 is 10.6 Å². The molecule has 0 radical (unpaired) electrons. The zero-order valence-corrected chi connectivity index (χ0v) is 22.3. The van der Waals surface area contributed by atoms with Crippen molar-refractivity contribution in [2.24, 2.45) is 0 Å². The molecule has 2 N–H and O–H groups in total. The van der Waals surface area contributed by atoms with E-state index in [2.05, 4.69) is 20.8 Å². The third-order valence-corrected chi connectivity index (χ3v) is 6.75. The summed E-state index contributed by atoms with van der Waals surface area (Å²) in [4.78, 5) is 25.4. The van der Waals surface area contributed by atoms with E-state index in [9.17, 15) is 22.8 Å². The lowest BCUT2D eigenvalue weighted by Crippen LogP contribution is -2.27. The summed E-state index contributed by atoms with van der Waals surface area (Å²) in [6.07, 6.45) is -4.67. The number of hydrogen-bond acceptors (Lipinski definition) is 5. The minimum atomic E-state index is -4.67. The van der Waals surface area contributed by atoms with Gasteiger partial charge in [0.05, 0.1) is 29.1 Å². The summed E-state index contributed by atoms with van der Waals surface area (Å²) in [6.45, 7) is 5.57. The fraction of sp³-hybridized carbons (Fsp3) is 0.214. The van der Waals surface area contributed by atoms with Crippen LogP contribution in [0.4, 0.5) is 18.9 Å². The van der Waals surface area contributed by atoms with E-state index in [0.29, 0.717) is 16.7 Å². The van der Waals surface area contributed by atoms with Gasteiger partial charge in [0.2, 0.25) is 5.91 Å². The van der Waals surface area contributed by atoms with Gasteiger partial charge in [-0.1, -0.05) is 48.2 Å². The standard InChI is InChI=1S/C28H26F3N5O2S/c1-17-7-6-8-20(13-17)33-25(37)16-39-27-35-34-24(36(27)23-14-18(2)11-12-19(23)3)15-32-26(38)21-9-4-5-10-22(21)28(29,30)31/h4-14H,15-16H2,1-3H3,(H,32,38)(H,33,37). The molecule has 2 amide bonds. The van der Waals surface area contributed by atoms with Crippen LogP contribution in [-0.4, -0.2) is 32.3 Å². The number of amides is 2. The van der Waals surface area contributed by atoms with Gasteiger partial charge in [0.1, 0.15) is 0 Å². The van der Waals surface area contributed by atoms with Crippen molar-refractivity contribution in [3.63, 3.8) is 0 Å². The van der Waals surface area contributed by atoms with Crippen molar-refractivity contribution in [3.8, 4) is 5.69 Å². The average molecular weight is 554 g/mol. The van der Waals surface area contributed by atoms with Crippen LogP contribution < -0.4 is 10.6 Å². The number of alkyl halides is 3. The maximum absolute atomic E-state index is 13.4. The molecule has 0 saturated carbocycles. The fourth-order valence-corrected chi connectivity index (χ4v) is 4.71. The highest BCUT2D eigenvalue weighted by Crippen LogP contribution is 2.32. The largest absolute Gasteiger partial charge is 0.417 e. The van der Waals surface area contributed by atoms with Gasteiger partial charge in [0.15, 0.2) is 11.0 Å². The molecule has 7 nitrogen and oxygen atoms in total. The third-order valence-electron chi connectivity index (χ3n) is 5.82. The number of rotatable bonds is 8. The van der Waals surface area contributed by atoms with Crippen LogP contribution in [0, 0.1) is 20.8 Å². The molecule has 4 aromatic rings. The van der Waals surface area contributed by atoms with E-state index in [1.807, 2.05) is 57.2 Å². The Kier molecular flexibility index (Phi) is 8.39. The normalized spacial score (nSPS) is 11.3. The quantitative estimate of drug-likeness (QED) is 0.267. The molecule has 1 heterocycles. The summed E-state index contributed by atoms with van der Waals surface area (Å²) >= 11 is 1.16. The maximum Gasteiger partial charge on any atom is 0.417 e. The molecular formula is C28H26F3N5O2S. The second-order valence-corrected chi connectivity index (χ2v) is 9.90. The summed E-state index contributed by atoms with van der Waals surface area (Å²) < 4.78 is 41.9. The molecule has 39 heavy (non-hydrogen) atoms. The predicted molar refractivity (Wildman–Crippen MR) is 144 cm³/mol. The molecule has 0 aliphatic carbocycles. The highest BCUT2D eigenvalue weighted by atomic mass is 32.2. The molecule has 0 spiro atoms. The zero-order valence-electron chi connectivity index (χ0n) is 21.5. The molecule has 11 heteroatoms.